The van der Waals surface area contributed by atoms with Gasteiger partial charge in [0.1, 0.15) is 0 Å². The Bertz CT molecular complexity index is 650. The fourth-order valence-corrected chi connectivity index (χ4v) is 1.90. The molecule has 2 aromatic rings. The Labute approximate surface area is 108 Å². The molecule has 0 radical (unpaired) electrons. The average Bonchev–Trinajstić information content (AvgIpc) is 2.38. The first-order valence-corrected chi connectivity index (χ1v) is 5.47. The lowest BCUT2D eigenvalue weighted by Gasteiger charge is -2.11. The molecule has 96 valence electrons. The first-order chi connectivity index (χ1) is 9.02. The van der Waals surface area contributed by atoms with Crippen LogP contribution in [0.1, 0.15) is 20.7 Å². The summed E-state index contributed by atoms with van der Waals surface area (Å²) >= 11 is 0. The van der Waals surface area contributed by atoms with Crippen LogP contribution in [-0.4, -0.2) is 22.2 Å². The van der Waals surface area contributed by atoms with E-state index in [2.05, 4.69) is 0 Å². The lowest BCUT2D eigenvalue weighted by atomic mass is 9.96. The van der Waals surface area contributed by atoms with Crippen molar-refractivity contribution in [3.05, 3.63) is 53.6 Å². The van der Waals surface area contributed by atoms with Crippen LogP contribution in [0.4, 0.5) is 5.69 Å². The number of aromatic carboxylic acids is 2. The van der Waals surface area contributed by atoms with Gasteiger partial charge in [-0.25, -0.2) is 9.59 Å². The number of rotatable bonds is 3. The zero-order valence-corrected chi connectivity index (χ0v) is 9.83. The summed E-state index contributed by atoms with van der Waals surface area (Å²) in [5.41, 5.74) is 6.31. The summed E-state index contributed by atoms with van der Waals surface area (Å²) in [5.74, 6) is -2.67. The SMILES string of the molecule is Nc1c(-c2ccccc2)ccc(C(=O)O)c1C(=O)O. The minimum Gasteiger partial charge on any atom is -0.478 e. The largest absolute Gasteiger partial charge is 0.478 e. The van der Waals surface area contributed by atoms with Crippen LogP contribution in [0.2, 0.25) is 0 Å². The molecule has 0 spiro atoms. The fraction of sp³-hybridized carbons (Fsp3) is 0. The van der Waals surface area contributed by atoms with Gasteiger partial charge in [0.15, 0.2) is 0 Å². The Morgan fingerprint density at radius 2 is 1.53 bits per heavy atom. The van der Waals surface area contributed by atoms with Crippen LogP contribution in [0.15, 0.2) is 42.5 Å². The number of carboxylic acids is 2. The van der Waals surface area contributed by atoms with Crippen LogP contribution in [0.5, 0.6) is 0 Å². The van der Waals surface area contributed by atoms with Crippen molar-refractivity contribution < 1.29 is 19.8 Å². The van der Waals surface area contributed by atoms with Gasteiger partial charge < -0.3 is 15.9 Å². The predicted octanol–water partition coefficient (Wildman–Crippen LogP) is 2.33. The highest BCUT2D eigenvalue weighted by Crippen LogP contribution is 2.30. The average molecular weight is 257 g/mol. The lowest BCUT2D eigenvalue weighted by molar-refractivity contribution is 0.0652. The van der Waals surface area contributed by atoms with Crippen LogP contribution in [0.25, 0.3) is 11.1 Å². The molecule has 0 aliphatic carbocycles. The third kappa shape index (κ3) is 2.26. The van der Waals surface area contributed by atoms with Gasteiger partial charge >= 0.3 is 11.9 Å². The van der Waals surface area contributed by atoms with E-state index >= 15 is 0 Å². The van der Waals surface area contributed by atoms with E-state index in [9.17, 15) is 9.59 Å². The molecule has 0 aliphatic rings. The molecule has 2 rings (SSSR count). The summed E-state index contributed by atoms with van der Waals surface area (Å²) in [6, 6.07) is 11.7. The maximum Gasteiger partial charge on any atom is 0.338 e. The summed E-state index contributed by atoms with van der Waals surface area (Å²) in [5, 5.41) is 18.1. The van der Waals surface area contributed by atoms with Gasteiger partial charge in [-0.3, -0.25) is 0 Å². The molecule has 2 aromatic carbocycles. The Morgan fingerprint density at radius 3 is 2.05 bits per heavy atom. The fourth-order valence-electron chi connectivity index (χ4n) is 1.90. The first kappa shape index (κ1) is 12.6. The zero-order valence-electron chi connectivity index (χ0n) is 9.83. The van der Waals surface area contributed by atoms with E-state index in [1.165, 1.54) is 12.1 Å². The van der Waals surface area contributed by atoms with Gasteiger partial charge in [-0.05, 0) is 11.6 Å². The smallest absolute Gasteiger partial charge is 0.338 e. The summed E-state index contributed by atoms with van der Waals surface area (Å²) in [4.78, 5) is 22.2. The molecular weight excluding hydrogens is 246 g/mol. The van der Waals surface area contributed by atoms with Crippen LogP contribution >= 0.6 is 0 Å². The second kappa shape index (κ2) is 4.81. The van der Waals surface area contributed by atoms with Crippen LogP contribution in [0, 0.1) is 0 Å². The second-order valence-electron chi connectivity index (χ2n) is 3.93. The number of nitrogen functional groups attached to an aromatic ring is 1. The van der Waals surface area contributed by atoms with Gasteiger partial charge in [0.25, 0.3) is 0 Å². The number of anilines is 1. The molecule has 19 heavy (non-hydrogen) atoms. The van der Waals surface area contributed by atoms with E-state index in [1.54, 1.807) is 24.3 Å². The lowest BCUT2D eigenvalue weighted by Crippen LogP contribution is -2.12. The Morgan fingerprint density at radius 1 is 0.895 bits per heavy atom. The van der Waals surface area contributed by atoms with Crippen molar-refractivity contribution in [1.29, 1.82) is 0 Å². The van der Waals surface area contributed by atoms with Crippen molar-refractivity contribution in [3.63, 3.8) is 0 Å². The third-order valence-corrected chi connectivity index (χ3v) is 2.77. The number of carbonyl (C=O) groups is 2. The summed E-state index contributed by atoms with van der Waals surface area (Å²) < 4.78 is 0. The summed E-state index contributed by atoms with van der Waals surface area (Å²) in [6.45, 7) is 0. The summed E-state index contributed by atoms with van der Waals surface area (Å²) in [7, 11) is 0. The predicted molar refractivity (Wildman–Crippen MR) is 70.2 cm³/mol. The molecule has 0 atom stereocenters. The van der Waals surface area contributed by atoms with Crippen molar-refractivity contribution in [2.45, 2.75) is 0 Å². The second-order valence-corrected chi connectivity index (χ2v) is 3.93. The van der Waals surface area contributed by atoms with E-state index in [1.807, 2.05) is 6.07 Å². The van der Waals surface area contributed by atoms with Gasteiger partial charge in [0.2, 0.25) is 0 Å². The number of hydrogen-bond acceptors (Lipinski definition) is 3. The highest BCUT2D eigenvalue weighted by Gasteiger charge is 2.21. The normalized spacial score (nSPS) is 10.1. The van der Waals surface area contributed by atoms with E-state index in [4.69, 9.17) is 15.9 Å². The minimum atomic E-state index is -1.35. The topological polar surface area (TPSA) is 101 Å². The zero-order chi connectivity index (χ0) is 14.0. The quantitative estimate of drug-likeness (QED) is 0.732. The molecule has 0 bridgehead atoms. The molecule has 0 saturated heterocycles. The first-order valence-electron chi connectivity index (χ1n) is 5.47. The molecule has 0 fully saturated rings. The van der Waals surface area contributed by atoms with Gasteiger partial charge in [0.05, 0.1) is 16.8 Å². The van der Waals surface area contributed by atoms with Crippen LogP contribution < -0.4 is 5.73 Å². The number of hydrogen-bond donors (Lipinski definition) is 3. The monoisotopic (exact) mass is 257 g/mol. The highest BCUT2D eigenvalue weighted by atomic mass is 16.4. The van der Waals surface area contributed by atoms with Crippen molar-refractivity contribution in [2.24, 2.45) is 0 Å². The molecule has 0 unspecified atom stereocenters. The van der Waals surface area contributed by atoms with E-state index in [0.29, 0.717) is 5.56 Å². The molecule has 5 heteroatoms. The Hall–Kier alpha value is -2.82. The molecule has 0 amide bonds. The maximum absolute atomic E-state index is 11.2. The molecule has 0 aliphatic heterocycles. The van der Waals surface area contributed by atoms with Gasteiger partial charge in [0, 0.05) is 5.56 Å². The summed E-state index contributed by atoms with van der Waals surface area (Å²) in [6.07, 6.45) is 0. The van der Waals surface area contributed by atoms with Gasteiger partial charge in [-0.1, -0.05) is 36.4 Å². The van der Waals surface area contributed by atoms with Crippen LogP contribution in [-0.2, 0) is 0 Å². The van der Waals surface area contributed by atoms with Gasteiger partial charge in [-0.2, -0.15) is 0 Å². The highest BCUT2D eigenvalue weighted by molar-refractivity contribution is 6.08. The van der Waals surface area contributed by atoms with Crippen molar-refractivity contribution >= 4 is 17.6 Å². The van der Waals surface area contributed by atoms with Gasteiger partial charge in [-0.15, -0.1) is 0 Å². The minimum absolute atomic E-state index is 0.0430. The number of carboxylic acid groups (broad SMARTS) is 2. The third-order valence-electron chi connectivity index (χ3n) is 2.77. The molecule has 0 saturated carbocycles. The molecule has 4 N–H and O–H groups in total. The molecule has 0 aromatic heterocycles. The van der Waals surface area contributed by atoms with E-state index in [0.717, 1.165) is 5.56 Å². The van der Waals surface area contributed by atoms with Crippen molar-refractivity contribution in [2.75, 3.05) is 5.73 Å². The standard InChI is InChI=1S/C14H11NO4/c15-12-9(8-4-2-1-3-5-8)6-7-10(13(16)17)11(12)14(18)19/h1-7H,15H2,(H,16,17)(H,18,19). The molecule has 0 heterocycles. The van der Waals surface area contributed by atoms with Crippen molar-refractivity contribution in [3.8, 4) is 11.1 Å². The molecule has 5 nitrogen and oxygen atoms in total. The van der Waals surface area contributed by atoms with Crippen LogP contribution in [0.3, 0.4) is 0 Å². The van der Waals surface area contributed by atoms with E-state index in [-0.39, 0.29) is 16.8 Å². The number of benzene rings is 2. The van der Waals surface area contributed by atoms with E-state index < -0.39 is 11.9 Å². The van der Waals surface area contributed by atoms with Crippen molar-refractivity contribution in [1.82, 2.24) is 0 Å². The Kier molecular flexibility index (Phi) is 3.20. The molecular formula is C14H11NO4. The number of nitrogens with two attached hydrogens (primary N) is 1. The Balaban J connectivity index is 2.71. The maximum atomic E-state index is 11.2.